The lowest BCUT2D eigenvalue weighted by Gasteiger charge is -2.25. The summed E-state index contributed by atoms with van der Waals surface area (Å²) >= 11 is 5.32. The Kier molecular flexibility index (Phi) is 6.09. The van der Waals surface area contributed by atoms with Crippen LogP contribution in [0.3, 0.4) is 0 Å². The summed E-state index contributed by atoms with van der Waals surface area (Å²) in [6.45, 7) is 2.02. The average Bonchev–Trinajstić information content (AvgIpc) is 2.80. The molecule has 2 N–H and O–H groups in total. The molecular formula is C25H23N3O3S. The van der Waals surface area contributed by atoms with Crippen LogP contribution in [0.5, 0.6) is 23.0 Å². The number of rotatable bonds is 6. The van der Waals surface area contributed by atoms with E-state index < -0.39 is 0 Å². The molecule has 162 valence electrons. The van der Waals surface area contributed by atoms with Crippen molar-refractivity contribution < 1.29 is 14.2 Å². The zero-order valence-electron chi connectivity index (χ0n) is 18.0. The van der Waals surface area contributed by atoms with Gasteiger partial charge in [0.1, 0.15) is 11.5 Å². The van der Waals surface area contributed by atoms with Gasteiger partial charge in [0.2, 0.25) is 0 Å². The monoisotopic (exact) mass is 445 g/mol. The van der Waals surface area contributed by atoms with Gasteiger partial charge in [-0.3, -0.25) is 9.88 Å². The Hall–Kier alpha value is -3.84. The first kappa shape index (κ1) is 21.4. The van der Waals surface area contributed by atoms with Gasteiger partial charge in [-0.05, 0) is 67.2 Å². The van der Waals surface area contributed by atoms with Crippen LogP contribution in [-0.2, 0) is 0 Å². The molecular weight excluding hydrogens is 422 g/mol. The second kappa shape index (κ2) is 9.11. The van der Waals surface area contributed by atoms with E-state index in [1.165, 1.54) is 0 Å². The maximum Gasteiger partial charge on any atom is 0.175 e. The zero-order valence-corrected chi connectivity index (χ0v) is 18.8. The molecule has 0 aliphatic carbocycles. The van der Waals surface area contributed by atoms with Gasteiger partial charge in [-0.2, -0.15) is 0 Å². The number of aryl methyl sites for hydroxylation is 1. The zero-order chi connectivity index (χ0) is 22.7. The van der Waals surface area contributed by atoms with Crippen LogP contribution in [-0.4, -0.2) is 24.3 Å². The third-order valence-corrected chi connectivity index (χ3v) is 5.29. The third-order valence-electron chi connectivity index (χ3n) is 5.11. The number of nitrogens with two attached hydrogens (primary N) is 1. The highest BCUT2D eigenvalue weighted by Crippen LogP contribution is 2.37. The molecule has 4 rings (SSSR count). The molecule has 0 fully saturated rings. The predicted molar refractivity (Wildman–Crippen MR) is 131 cm³/mol. The van der Waals surface area contributed by atoms with Crippen molar-refractivity contribution in [3.63, 3.8) is 0 Å². The Labute approximate surface area is 192 Å². The van der Waals surface area contributed by atoms with Crippen molar-refractivity contribution in [1.82, 2.24) is 4.98 Å². The molecule has 0 unspecified atom stereocenters. The molecule has 3 aromatic carbocycles. The molecule has 0 spiro atoms. The summed E-state index contributed by atoms with van der Waals surface area (Å²) in [5.74, 6) is 2.55. The fourth-order valence-corrected chi connectivity index (χ4v) is 3.73. The SMILES string of the molecule is COc1cc2nccc(Oc3ccc(N(C(N)=S)c4ccccc4C)cc3)c2cc1OC. The smallest absolute Gasteiger partial charge is 0.175 e. The van der Waals surface area contributed by atoms with Crippen LogP contribution < -0.4 is 24.8 Å². The highest BCUT2D eigenvalue weighted by molar-refractivity contribution is 7.80. The number of para-hydroxylation sites is 1. The predicted octanol–water partition coefficient (Wildman–Crippen LogP) is 5.73. The van der Waals surface area contributed by atoms with Crippen LogP contribution in [0.15, 0.2) is 72.9 Å². The minimum atomic E-state index is 0.272. The molecule has 0 radical (unpaired) electrons. The van der Waals surface area contributed by atoms with E-state index in [1.54, 1.807) is 20.4 Å². The summed E-state index contributed by atoms with van der Waals surface area (Å²) in [4.78, 5) is 6.26. The number of ether oxygens (including phenoxy) is 3. The summed E-state index contributed by atoms with van der Waals surface area (Å²) in [7, 11) is 3.19. The number of nitrogens with zero attached hydrogens (tertiary/aromatic N) is 2. The van der Waals surface area contributed by atoms with E-state index in [9.17, 15) is 0 Å². The van der Waals surface area contributed by atoms with Crippen molar-refractivity contribution in [3.8, 4) is 23.0 Å². The number of aromatic nitrogens is 1. The maximum atomic E-state index is 6.17. The number of hydrogen-bond acceptors (Lipinski definition) is 5. The first-order valence-electron chi connectivity index (χ1n) is 9.95. The van der Waals surface area contributed by atoms with Gasteiger partial charge >= 0.3 is 0 Å². The summed E-state index contributed by atoms with van der Waals surface area (Å²) in [5.41, 5.74) is 9.66. The first-order valence-corrected chi connectivity index (χ1v) is 10.4. The lowest BCUT2D eigenvalue weighted by Crippen LogP contribution is -2.31. The van der Waals surface area contributed by atoms with Gasteiger partial charge < -0.3 is 19.9 Å². The topological polar surface area (TPSA) is 69.8 Å². The van der Waals surface area contributed by atoms with E-state index in [0.29, 0.717) is 23.0 Å². The molecule has 32 heavy (non-hydrogen) atoms. The van der Waals surface area contributed by atoms with Gasteiger partial charge in [-0.25, -0.2) is 0 Å². The van der Waals surface area contributed by atoms with Crippen LogP contribution in [0.4, 0.5) is 11.4 Å². The molecule has 1 heterocycles. The van der Waals surface area contributed by atoms with Gasteiger partial charge in [-0.1, -0.05) is 18.2 Å². The summed E-state index contributed by atoms with van der Waals surface area (Å²) < 4.78 is 17.0. The molecule has 0 saturated carbocycles. The van der Waals surface area contributed by atoms with Crippen molar-refractivity contribution in [3.05, 3.63) is 78.5 Å². The fourth-order valence-electron chi connectivity index (χ4n) is 3.53. The molecule has 0 bridgehead atoms. The van der Waals surface area contributed by atoms with Crippen molar-refractivity contribution in [2.24, 2.45) is 5.73 Å². The summed E-state index contributed by atoms with van der Waals surface area (Å²) in [6, 6.07) is 21.1. The quantitative estimate of drug-likeness (QED) is 0.380. The van der Waals surface area contributed by atoms with Gasteiger partial charge in [0, 0.05) is 23.3 Å². The number of pyridine rings is 1. The molecule has 0 saturated heterocycles. The minimum absolute atomic E-state index is 0.272. The Balaban J connectivity index is 1.66. The maximum absolute atomic E-state index is 6.17. The Morgan fingerprint density at radius 1 is 0.906 bits per heavy atom. The van der Waals surface area contributed by atoms with Crippen molar-refractivity contribution >= 4 is 39.6 Å². The minimum Gasteiger partial charge on any atom is -0.493 e. The van der Waals surface area contributed by atoms with E-state index in [2.05, 4.69) is 4.98 Å². The molecule has 4 aromatic rings. The Morgan fingerprint density at radius 2 is 1.59 bits per heavy atom. The largest absolute Gasteiger partial charge is 0.493 e. The summed E-state index contributed by atoms with van der Waals surface area (Å²) in [6.07, 6.45) is 1.70. The van der Waals surface area contributed by atoms with E-state index >= 15 is 0 Å². The standard InChI is InChI=1S/C25H23N3O3S/c1-16-6-4-5-7-21(16)28(25(26)32)17-8-10-18(11-9-17)31-22-12-13-27-20-15-24(30-3)23(29-2)14-19(20)22/h4-15H,1-3H3,(H2,26,32). The highest BCUT2D eigenvalue weighted by atomic mass is 32.1. The highest BCUT2D eigenvalue weighted by Gasteiger charge is 2.15. The molecule has 0 aliphatic rings. The lowest BCUT2D eigenvalue weighted by molar-refractivity contribution is 0.355. The van der Waals surface area contributed by atoms with E-state index in [-0.39, 0.29) is 5.11 Å². The van der Waals surface area contributed by atoms with Crippen LogP contribution in [0, 0.1) is 6.92 Å². The van der Waals surface area contributed by atoms with Gasteiger partial charge in [0.15, 0.2) is 16.6 Å². The number of thiocarbonyl (C=S) groups is 1. The lowest BCUT2D eigenvalue weighted by atomic mass is 10.1. The molecule has 7 heteroatoms. The third kappa shape index (κ3) is 4.15. The first-order chi connectivity index (χ1) is 15.5. The van der Waals surface area contributed by atoms with Gasteiger partial charge in [0.05, 0.1) is 25.4 Å². The van der Waals surface area contributed by atoms with E-state index in [4.69, 9.17) is 32.2 Å². The van der Waals surface area contributed by atoms with Crippen LogP contribution >= 0.6 is 12.2 Å². The molecule has 1 aromatic heterocycles. The number of methoxy groups -OCH3 is 2. The van der Waals surface area contributed by atoms with Crippen molar-refractivity contribution in [2.75, 3.05) is 19.1 Å². The summed E-state index contributed by atoms with van der Waals surface area (Å²) in [5, 5.41) is 1.09. The number of anilines is 2. The molecule has 0 atom stereocenters. The number of fused-ring (bicyclic) bond motifs is 1. The number of benzene rings is 3. The Morgan fingerprint density at radius 3 is 2.25 bits per heavy atom. The Bertz CT molecular complexity index is 1280. The van der Waals surface area contributed by atoms with E-state index in [0.717, 1.165) is 27.8 Å². The van der Waals surface area contributed by atoms with E-state index in [1.807, 2.05) is 78.6 Å². The van der Waals surface area contributed by atoms with Crippen LogP contribution in [0.25, 0.3) is 10.9 Å². The number of hydrogen-bond donors (Lipinski definition) is 1. The second-order valence-corrected chi connectivity index (χ2v) is 7.51. The molecule has 6 nitrogen and oxygen atoms in total. The van der Waals surface area contributed by atoms with Gasteiger partial charge in [-0.15, -0.1) is 0 Å². The molecule has 0 amide bonds. The van der Waals surface area contributed by atoms with Crippen molar-refractivity contribution in [1.29, 1.82) is 0 Å². The normalized spacial score (nSPS) is 10.6. The van der Waals surface area contributed by atoms with Gasteiger partial charge in [0.25, 0.3) is 0 Å². The van der Waals surface area contributed by atoms with Crippen LogP contribution in [0.1, 0.15) is 5.56 Å². The van der Waals surface area contributed by atoms with Crippen LogP contribution in [0.2, 0.25) is 0 Å². The second-order valence-electron chi connectivity index (χ2n) is 7.09. The van der Waals surface area contributed by atoms with Crippen molar-refractivity contribution in [2.45, 2.75) is 6.92 Å². The molecule has 0 aliphatic heterocycles. The fraction of sp³-hybridized carbons (Fsp3) is 0.120. The average molecular weight is 446 g/mol.